The van der Waals surface area contributed by atoms with Crippen LogP contribution in [0.1, 0.15) is 63.3 Å². The molecule has 5 heteroatoms. The van der Waals surface area contributed by atoms with E-state index in [1.807, 2.05) is 13.1 Å². The quantitative estimate of drug-likeness (QED) is 0.516. The van der Waals surface area contributed by atoms with Gasteiger partial charge in [-0.2, -0.15) is 0 Å². The fourth-order valence-corrected chi connectivity index (χ4v) is 5.94. The summed E-state index contributed by atoms with van der Waals surface area (Å²) < 4.78 is 0. The lowest BCUT2D eigenvalue weighted by atomic mass is 9.82. The summed E-state index contributed by atoms with van der Waals surface area (Å²) in [6, 6.07) is 11.0. The van der Waals surface area contributed by atoms with Crippen LogP contribution in [0.5, 0.6) is 0 Å². The molecule has 5 rings (SSSR count). The smallest absolute Gasteiger partial charge is 0.230 e. The number of aryl methyl sites for hydroxylation is 1. The van der Waals surface area contributed by atoms with E-state index in [1.54, 1.807) is 0 Å². The number of hydrogen-bond donors (Lipinski definition) is 3. The number of aromatic amines is 1. The summed E-state index contributed by atoms with van der Waals surface area (Å²) in [5.74, 6) is 1.78. The van der Waals surface area contributed by atoms with Gasteiger partial charge in [-0.3, -0.25) is 9.78 Å². The molecule has 3 N–H and O–H groups in total. The molecule has 33 heavy (non-hydrogen) atoms. The summed E-state index contributed by atoms with van der Waals surface area (Å²) in [5.41, 5.74) is 6.17. The van der Waals surface area contributed by atoms with Crippen LogP contribution < -0.4 is 10.6 Å². The molecule has 1 saturated heterocycles. The number of carbonyl (C=O) groups excluding carboxylic acids is 1. The van der Waals surface area contributed by atoms with E-state index in [9.17, 15) is 4.79 Å². The molecule has 2 aromatic heterocycles. The van der Waals surface area contributed by atoms with E-state index in [2.05, 4.69) is 78.6 Å². The van der Waals surface area contributed by atoms with Crippen molar-refractivity contribution >= 4 is 16.8 Å². The van der Waals surface area contributed by atoms with Gasteiger partial charge in [-0.15, -0.1) is 0 Å². The predicted octanol–water partition coefficient (Wildman–Crippen LogP) is 5.05. The molecule has 2 fully saturated rings. The highest BCUT2D eigenvalue weighted by molar-refractivity contribution is 5.94. The first-order chi connectivity index (χ1) is 15.8. The van der Waals surface area contributed by atoms with Crippen LogP contribution in [0.15, 0.2) is 36.5 Å². The Morgan fingerprint density at radius 2 is 1.97 bits per heavy atom. The van der Waals surface area contributed by atoms with Crippen molar-refractivity contribution in [2.24, 2.45) is 11.8 Å². The van der Waals surface area contributed by atoms with Gasteiger partial charge in [0.1, 0.15) is 0 Å². The van der Waals surface area contributed by atoms with Gasteiger partial charge in [0.25, 0.3) is 0 Å². The topological polar surface area (TPSA) is 69.8 Å². The molecule has 3 aromatic rings. The molecule has 1 amide bonds. The summed E-state index contributed by atoms with van der Waals surface area (Å²) in [6.07, 6.45) is 4.18. The van der Waals surface area contributed by atoms with Crippen LogP contribution >= 0.6 is 0 Å². The lowest BCUT2D eigenvalue weighted by Crippen LogP contribution is -2.47. The van der Waals surface area contributed by atoms with Crippen LogP contribution in [-0.2, 0) is 10.2 Å². The summed E-state index contributed by atoms with van der Waals surface area (Å²) >= 11 is 0. The van der Waals surface area contributed by atoms with Gasteiger partial charge in [-0.05, 0) is 93.3 Å². The molecule has 3 heterocycles. The van der Waals surface area contributed by atoms with Gasteiger partial charge in [-0.25, -0.2) is 0 Å². The highest BCUT2D eigenvalue weighted by Gasteiger charge is 2.41. The van der Waals surface area contributed by atoms with Crippen LogP contribution in [0.2, 0.25) is 0 Å². The van der Waals surface area contributed by atoms with Gasteiger partial charge < -0.3 is 15.6 Å². The van der Waals surface area contributed by atoms with Crippen molar-refractivity contribution in [2.45, 2.75) is 64.8 Å². The maximum atomic E-state index is 13.5. The van der Waals surface area contributed by atoms with E-state index in [-0.39, 0.29) is 5.91 Å². The Morgan fingerprint density at radius 3 is 2.73 bits per heavy atom. The number of rotatable bonds is 5. The number of aromatic nitrogens is 2. The van der Waals surface area contributed by atoms with Crippen molar-refractivity contribution in [1.82, 2.24) is 20.6 Å². The largest absolute Gasteiger partial charge is 0.354 e. The minimum atomic E-state index is -0.600. The fourth-order valence-electron chi connectivity index (χ4n) is 5.94. The highest BCUT2D eigenvalue weighted by atomic mass is 16.2. The second-order valence-electron chi connectivity index (χ2n) is 10.9. The van der Waals surface area contributed by atoms with Gasteiger partial charge in [0, 0.05) is 40.9 Å². The summed E-state index contributed by atoms with van der Waals surface area (Å²) in [5, 5.41) is 8.12. The summed E-state index contributed by atoms with van der Waals surface area (Å²) in [4.78, 5) is 21.5. The van der Waals surface area contributed by atoms with E-state index in [0.29, 0.717) is 17.9 Å². The molecular weight excluding hydrogens is 408 g/mol. The number of benzene rings is 1. The molecule has 174 valence electrons. The van der Waals surface area contributed by atoms with Crippen molar-refractivity contribution in [3.05, 3.63) is 53.3 Å². The van der Waals surface area contributed by atoms with Crippen molar-refractivity contribution in [3.8, 4) is 11.3 Å². The first kappa shape index (κ1) is 22.1. The second-order valence-corrected chi connectivity index (χ2v) is 10.9. The molecule has 2 aliphatic rings. The number of pyridine rings is 1. The number of amides is 1. The Balaban J connectivity index is 1.49. The molecule has 1 saturated carbocycles. The molecule has 1 aliphatic heterocycles. The van der Waals surface area contributed by atoms with E-state index < -0.39 is 5.41 Å². The zero-order chi connectivity index (χ0) is 23.3. The molecule has 0 bridgehead atoms. The number of fused-ring (bicyclic) bond motifs is 2. The normalized spacial score (nSPS) is 22.8. The van der Waals surface area contributed by atoms with Gasteiger partial charge in [-0.1, -0.05) is 19.9 Å². The Bertz CT molecular complexity index is 1190. The van der Waals surface area contributed by atoms with Gasteiger partial charge in [0.05, 0.1) is 11.1 Å². The molecule has 1 aromatic carbocycles. The van der Waals surface area contributed by atoms with Gasteiger partial charge in [0.2, 0.25) is 5.91 Å². The number of H-pyrrole nitrogens is 1. The predicted molar refractivity (Wildman–Crippen MR) is 134 cm³/mol. The Hall–Kier alpha value is -2.66. The third kappa shape index (κ3) is 3.86. The van der Waals surface area contributed by atoms with Crippen LogP contribution in [-0.4, -0.2) is 35.0 Å². The van der Waals surface area contributed by atoms with E-state index in [0.717, 1.165) is 53.5 Å². The third-order valence-corrected chi connectivity index (χ3v) is 7.96. The zero-order valence-electron chi connectivity index (χ0n) is 20.5. The van der Waals surface area contributed by atoms with E-state index >= 15 is 0 Å². The first-order valence-electron chi connectivity index (χ1n) is 12.4. The van der Waals surface area contributed by atoms with Crippen molar-refractivity contribution in [1.29, 1.82) is 0 Å². The van der Waals surface area contributed by atoms with Crippen LogP contribution in [0.25, 0.3) is 22.2 Å². The summed E-state index contributed by atoms with van der Waals surface area (Å²) in [6.45, 7) is 12.7. The Morgan fingerprint density at radius 1 is 1.15 bits per heavy atom. The third-order valence-electron chi connectivity index (χ3n) is 7.96. The SMILES string of the molecule is Cc1cc(-c2[nH]c3ccc(C(C)(C)C(=O)NC4CCC5CNCC54)cc3c2C(C)C)ccn1. The Labute approximate surface area is 196 Å². The molecule has 1 aliphatic carbocycles. The number of nitrogens with one attached hydrogen (secondary N) is 3. The molecule has 3 unspecified atom stereocenters. The lowest BCUT2D eigenvalue weighted by Gasteiger charge is -2.28. The van der Waals surface area contributed by atoms with Gasteiger partial charge in [0.15, 0.2) is 0 Å². The van der Waals surface area contributed by atoms with E-state index in [4.69, 9.17) is 0 Å². The summed E-state index contributed by atoms with van der Waals surface area (Å²) in [7, 11) is 0. The standard InChI is InChI=1S/C28H36N4O/c1-16(2)25-21-13-20(7-9-23(21)31-26(25)18-10-11-30-17(3)12-18)28(4,5)27(33)32-24-8-6-19-14-29-15-22(19)24/h7,9-13,16,19,22,24,29,31H,6,8,14-15H2,1-5H3,(H,32,33). The average molecular weight is 445 g/mol. The maximum Gasteiger partial charge on any atom is 0.230 e. The number of carbonyl (C=O) groups is 1. The first-order valence-corrected chi connectivity index (χ1v) is 12.4. The second kappa shape index (κ2) is 8.28. The average Bonchev–Trinajstić information content (AvgIpc) is 3.48. The minimum absolute atomic E-state index is 0.131. The maximum absolute atomic E-state index is 13.5. The minimum Gasteiger partial charge on any atom is -0.354 e. The van der Waals surface area contributed by atoms with Crippen molar-refractivity contribution in [2.75, 3.05) is 13.1 Å². The monoisotopic (exact) mass is 444 g/mol. The van der Waals surface area contributed by atoms with Crippen molar-refractivity contribution in [3.63, 3.8) is 0 Å². The molecule has 0 radical (unpaired) electrons. The number of nitrogens with zero attached hydrogens (tertiary/aromatic N) is 1. The number of hydrogen-bond acceptors (Lipinski definition) is 3. The molecule has 3 atom stereocenters. The molecular formula is C28H36N4O. The lowest BCUT2D eigenvalue weighted by molar-refractivity contribution is -0.126. The molecule has 0 spiro atoms. The molecule has 5 nitrogen and oxygen atoms in total. The fraction of sp³-hybridized carbons (Fsp3) is 0.500. The highest BCUT2D eigenvalue weighted by Crippen LogP contribution is 2.39. The van der Waals surface area contributed by atoms with Crippen molar-refractivity contribution < 1.29 is 4.79 Å². The van der Waals surface area contributed by atoms with Crippen LogP contribution in [0.4, 0.5) is 0 Å². The van der Waals surface area contributed by atoms with Crippen LogP contribution in [0.3, 0.4) is 0 Å². The van der Waals surface area contributed by atoms with Gasteiger partial charge >= 0.3 is 0 Å². The van der Waals surface area contributed by atoms with E-state index in [1.165, 1.54) is 17.4 Å². The Kier molecular flexibility index (Phi) is 5.56. The van der Waals surface area contributed by atoms with Crippen LogP contribution in [0, 0.1) is 18.8 Å². The zero-order valence-corrected chi connectivity index (χ0v) is 20.5.